The van der Waals surface area contributed by atoms with E-state index in [1.807, 2.05) is 60.5 Å². The van der Waals surface area contributed by atoms with E-state index in [1.165, 1.54) is 0 Å². The molecule has 4 aromatic rings. The van der Waals surface area contributed by atoms with Crippen LogP contribution in [0, 0.1) is 0 Å². The van der Waals surface area contributed by atoms with Gasteiger partial charge in [0.2, 0.25) is 5.91 Å². The van der Waals surface area contributed by atoms with Crippen LogP contribution in [0.5, 0.6) is 0 Å². The summed E-state index contributed by atoms with van der Waals surface area (Å²) < 4.78 is 0. The summed E-state index contributed by atoms with van der Waals surface area (Å²) in [5.41, 5.74) is 3.09. The van der Waals surface area contributed by atoms with Crippen LogP contribution in [0.3, 0.4) is 0 Å². The first-order valence-corrected chi connectivity index (χ1v) is 8.61. The van der Waals surface area contributed by atoms with Crippen molar-refractivity contribution in [2.75, 3.05) is 11.4 Å². The van der Waals surface area contributed by atoms with Gasteiger partial charge in [0.15, 0.2) is 0 Å². The van der Waals surface area contributed by atoms with Crippen LogP contribution in [0.1, 0.15) is 12.5 Å². The Morgan fingerprint density at radius 1 is 0.920 bits per heavy atom. The standard InChI is InChI=1S/C22H20N2O/c1-2-24(21-13-7-9-16-8-3-4-11-19(16)21)22(25)14-17-15-23-20-12-6-5-10-18(17)20/h3-13,15,23H,2,14H2,1H3. The van der Waals surface area contributed by atoms with Gasteiger partial charge in [-0.2, -0.15) is 0 Å². The van der Waals surface area contributed by atoms with E-state index in [1.54, 1.807) is 0 Å². The van der Waals surface area contributed by atoms with E-state index in [2.05, 4.69) is 29.2 Å². The van der Waals surface area contributed by atoms with Crippen molar-refractivity contribution in [3.05, 3.63) is 78.5 Å². The minimum absolute atomic E-state index is 0.114. The van der Waals surface area contributed by atoms with Crippen LogP contribution in [0.15, 0.2) is 72.9 Å². The highest BCUT2D eigenvalue weighted by Crippen LogP contribution is 2.28. The molecular formula is C22H20N2O. The third-order valence-corrected chi connectivity index (χ3v) is 4.69. The topological polar surface area (TPSA) is 36.1 Å². The largest absolute Gasteiger partial charge is 0.361 e. The molecule has 0 aliphatic rings. The normalized spacial score (nSPS) is 11.1. The lowest BCUT2D eigenvalue weighted by Gasteiger charge is -2.23. The Morgan fingerprint density at radius 3 is 2.48 bits per heavy atom. The summed E-state index contributed by atoms with van der Waals surface area (Å²) >= 11 is 0. The molecule has 3 heteroatoms. The molecule has 3 aromatic carbocycles. The number of fused-ring (bicyclic) bond motifs is 2. The SMILES string of the molecule is CCN(C(=O)Cc1c[nH]c2ccccc12)c1cccc2ccccc12. The quantitative estimate of drug-likeness (QED) is 0.567. The first-order chi connectivity index (χ1) is 12.3. The number of carbonyl (C=O) groups excluding carboxylic acids is 1. The van der Waals surface area contributed by atoms with Crippen molar-refractivity contribution in [1.82, 2.24) is 4.98 Å². The molecule has 1 heterocycles. The Kier molecular flexibility index (Phi) is 3.98. The average molecular weight is 328 g/mol. The highest BCUT2D eigenvalue weighted by atomic mass is 16.2. The Balaban J connectivity index is 1.69. The zero-order valence-corrected chi connectivity index (χ0v) is 14.2. The zero-order valence-electron chi connectivity index (χ0n) is 14.2. The number of para-hydroxylation sites is 1. The third kappa shape index (κ3) is 2.78. The van der Waals surface area contributed by atoms with Gasteiger partial charge in [-0.15, -0.1) is 0 Å². The van der Waals surface area contributed by atoms with E-state index in [4.69, 9.17) is 0 Å². The van der Waals surface area contributed by atoms with Crippen LogP contribution >= 0.6 is 0 Å². The maximum absolute atomic E-state index is 13.0. The molecule has 0 aliphatic heterocycles. The van der Waals surface area contributed by atoms with Crippen LogP contribution in [0.2, 0.25) is 0 Å². The summed E-state index contributed by atoms with van der Waals surface area (Å²) in [6, 6.07) is 22.4. The van der Waals surface area contributed by atoms with Crippen molar-refractivity contribution < 1.29 is 4.79 Å². The molecule has 0 bridgehead atoms. The number of hydrogen-bond acceptors (Lipinski definition) is 1. The van der Waals surface area contributed by atoms with E-state index < -0.39 is 0 Å². The molecule has 1 N–H and O–H groups in total. The molecule has 4 rings (SSSR count). The fourth-order valence-corrected chi connectivity index (χ4v) is 3.46. The zero-order chi connectivity index (χ0) is 17.2. The lowest BCUT2D eigenvalue weighted by molar-refractivity contribution is -0.117. The minimum Gasteiger partial charge on any atom is -0.361 e. The summed E-state index contributed by atoms with van der Waals surface area (Å²) in [6.07, 6.45) is 2.33. The first-order valence-electron chi connectivity index (χ1n) is 8.61. The van der Waals surface area contributed by atoms with Crippen molar-refractivity contribution >= 4 is 33.3 Å². The number of nitrogens with one attached hydrogen (secondary N) is 1. The average Bonchev–Trinajstić information content (AvgIpc) is 3.06. The second-order valence-corrected chi connectivity index (χ2v) is 6.17. The summed E-state index contributed by atoms with van der Waals surface area (Å²) in [5, 5.41) is 3.38. The number of carbonyl (C=O) groups is 1. The second-order valence-electron chi connectivity index (χ2n) is 6.17. The van der Waals surface area contributed by atoms with Gasteiger partial charge in [0.25, 0.3) is 0 Å². The number of hydrogen-bond donors (Lipinski definition) is 1. The molecule has 0 saturated carbocycles. The van der Waals surface area contributed by atoms with Crippen LogP contribution in [-0.4, -0.2) is 17.4 Å². The van der Waals surface area contributed by atoms with Crippen molar-refractivity contribution in [3.63, 3.8) is 0 Å². The van der Waals surface area contributed by atoms with Crippen molar-refractivity contribution in [3.8, 4) is 0 Å². The van der Waals surface area contributed by atoms with Crippen LogP contribution < -0.4 is 4.90 Å². The van der Waals surface area contributed by atoms with E-state index >= 15 is 0 Å². The summed E-state index contributed by atoms with van der Waals surface area (Å²) in [4.78, 5) is 18.2. The summed E-state index contributed by atoms with van der Waals surface area (Å²) in [7, 11) is 0. The smallest absolute Gasteiger partial charge is 0.231 e. The lowest BCUT2D eigenvalue weighted by Crippen LogP contribution is -2.32. The van der Waals surface area contributed by atoms with Crippen LogP contribution in [0.4, 0.5) is 5.69 Å². The molecule has 1 aromatic heterocycles. The van der Waals surface area contributed by atoms with E-state index in [9.17, 15) is 4.79 Å². The van der Waals surface area contributed by atoms with Gasteiger partial charge >= 0.3 is 0 Å². The highest BCUT2D eigenvalue weighted by molar-refractivity contribution is 6.05. The van der Waals surface area contributed by atoms with Gasteiger partial charge in [-0.25, -0.2) is 0 Å². The first kappa shape index (κ1) is 15.5. The molecule has 124 valence electrons. The van der Waals surface area contributed by atoms with Gasteiger partial charge in [-0.05, 0) is 30.0 Å². The third-order valence-electron chi connectivity index (χ3n) is 4.69. The van der Waals surface area contributed by atoms with Gasteiger partial charge in [0, 0.05) is 29.0 Å². The minimum atomic E-state index is 0.114. The number of H-pyrrole nitrogens is 1. The van der Waals surface area contributed by atoms with Gasteiger partial charge in [-0.3, -0.25) is 4.79 Å². The number of anilines is 1. The molecule has 25 heavy (non-hydrogen) atoms. The maximum atomic E-state index is 13.0. The molecule has 0 atom stereocenters. The van der Waals surface area contributed by atoms with E-state index in [-0.39, 0.29) is 5.91 Å². The van der Waals surface area contributed by atoms with Gasteiger partial charge in [-0.1, -0.05) is 54.6 Å². The fourth-order valence-electron chi connectivity index (χ4n) is 3.46. The highest BCUT2D eigenvalue weighted by Gasteiger charge is 2.18. The Labute approximate surface area is 146 Å². The molecule has 0 radical (unpaired) electrons. The Morgan fingerprint density at radius 2 is 1.64 bits per heavy atom. The molecule has 0 spiro atoms. The maximum Gasteiger partial charge on any atom is 0.231 e. The predicted octanol–water partition coefficient (Wildman–Crippen LogP) is 4.92. The number of aromatic amines is 1. The number of amides is 1. The predicted molar refractivity (Wildman–Crippen MR) is 104 cm³/mol. The molecule has 0 fully saturated rings. The van der Waals surface area contributed by atoms with Gasteiger partial charge < -0.3 is 9.88 Å². The fraction of sp³-hybridized carbons (Fsp3) is 0.136. The lowest BCUT2D eigenvalue weighted by atomic mass is 10.1. The molecule has 1 amide bonds. The van der Waals surface area contributed by atoms with Crippen molar-refractivity contribution in [2.45, 2.75) is 13.3 Å². The molecule has 0 saturated heterocycles. The monoisotopic (exact) mass is 328 g/mol. The number of benzene rings is 3. The molecule has 0 unspecified atom stereocenters. The van der Waals surface area contributed by atoms with Crippen molar-refractivity contribution in [2.24, 2.45) is 0 Å². The number of aromatic nitrogens is 1. The number of likely N-dealkylation sites (N-methyl/N-ethyl adjacent to an activating group) is 1. The van der Waals surface area contributed by atoms with Crippen LogP contribution in [-0.2, 0) is 11.2 Å². The summed E-state index contributed by atoms with van der Waals surface area (Å²) in [5.74, 6) is 0.114. The van der Waals surface area contributed by atoms with Gasteiger partial charge in [0.05, 0.1) is 12.1 Å². The number of nitrogens with zero attached hydrogens (tertiary/aromatic N) is 1. The van der Waals surface area contributed by atoms with E-state index in [0.717, 1.165) is 32.9 Å². The Bertz CT molecular complexity index is 1040. The molecule has 0 aliphatic carbocycles. The van der Waals surface area contributed by atoms with Crippen LogP contribution in [0.25, 0.3) is 21.7 Å². The van der Waals surface area contributed by atoms with Gasteiger partial charge in [0.1, 0.15) is 0 Å². The molecule has 3 nitrogen and oxygen atoms in total. The van der Waals surface area contributed by atoms with Crippen molar-refractivity contribution in [1.29, 1.82) is 0 Å². The van der Waals surface area contributed by atoms with E-state index in [0.29, 0.717) is 13.0 Å². The Hall–Kier alpha value is -3.07. The second kappa shape index (κ2) is 6.44. The number of rotatable bonds is 4. The molecular weight excluding hydrogens is 308 g/mol. The summed E-state index contributed by atoms with van der Waals surface area (Å²) in [6.45, 7) is 2.67.